The molecule has 0 spiro atoms. The number of carbonyl (C=O) groups is 2. The highest BCUT2D eigenvalue weighted by molar-refractivity contribution is 7.89. The zero-order chi connectivity index (χ0) is 29.0. The Bertz CT molecular complexity index is 1190. The smallest absolute Gasteiger partial charge is 0.335 e. The second-order valence-electron chi connectivity index (χ2n) is 8.80. The van der Waals surface area contributed by atoms with Crippen molar-refractivity contribution in [3.8, 4) is 11.5 Å². The molecule has 0 aliphatic heterocycles. The number of sulfonamides is 1. The fraction of sp³-hybridized carbons (Fsp3) is 0.462. The van der Waals surface area contributed by atoms with Gasteiger partial charge in [-0.2, -0.15) is 4.72 Å². The van der Waals surface area contributed by atoms with Crippen molar-refractivity contribution in [1.29, 1.82) is 0 Å². The summed E-state index contributed by atoms with van der Waals surface area (Å²) in [5.74, 6) is -2.61. The lowest BCUT2D eigenvalue weighted by Crippen LogP contribution is -2.46. The molecule has 216 valence electrons. The molecule has 39 heavy (non-hydrogen) atoms. The number of para-hydroxylation sites is 1. The van der Waals surface area contributed by atoms with Crippen LogP contribution in [0.15, 0.2) is 47.4 Å². The molecule has 1 unspecified atom stereocenters. The fourth-order valence-electron chi connectivity index (χ4n) is 3.31. The van der Waals surface area contributed by atoms with Crippen LogP contribution in [0.2, 0.25) is 0 Å². The van der Waals surface area contributed by atoms with Crippen LogP contribution in [-0.4, -0.2) is 74.4 Å². The summed E-state index contributed by atoms with van der Waals surface area (Å²) in [4.78, 5) is 22.6. The van der Waals surface area contributed by atoms with Gasteiger partial charge in [0.25, 0.3) is 0 Å². The Morgan fingerprint density at radius 1 is 1.08 bits per heavy atom. The van der Waals surface area contributed by atoms with E-state index in [0.717, 1.165) is 18.9 Å². The van der Waals surface area contributed by atoms with E-state index in [0.29, 0.717) is 12.3 Å². The van der Waals surface area contributed by atoms with Gasteiger partial charge in [0.05, 0.1) is 17.9 Å². The van der Waals surface area contributed by atoms with Crippen LogP contribution in [0.3, 0.4) is 0 Å². The number of benzene rings is 2. The number of carboxylic acids is 1. The van der Waals surface area contributed by atoms with Crippen molar-refractivity contribution in [2.24, 2.45) is 5.92 Å². The highest BCUT2D eigenvalue weighted by Gasteiger charge is 2.32. The number of aliphatic hydroxyl groups excluding tert-OH is 2. The molecule has 0 radical (unpaired) electrons. The molecule has 2 aromatic rings. The first kappa shape index (κ1) is 32.0. The van der Waals surface area contributed by atoms with Crippen molar-refractivity contribution < 1.29 is 47.5 Å². The SMILES string of the molecule is CCCCNc1cc(C(=O)O)cc(S(=O)(=O)NC(O[C@@H](CO)COC(C)=O)[C@H](C)CO)c1Oc1ccccc1. The Balaban J connectivity index is 2.58. The summed E-state index contributed by atoms with van der Waals surface area (Å²) in [7, 11) is -4.56. The molecule has 0 aliphatic rings. The minimum atomic E-state index is -4.56. The average molecular weight is 569 g/mol. The number of nitrogens with one attached hydrogen (secondary N) is 2. The molecule has 0 saturated heterocycles. The van der Waals surface area contributed by atoms with E-state index in [4.69, 9.17) is 14.2 Å². The number of aromatic carboxylic acids is 1. The van der Waals surface area contributed by atoms with Crippen LogP contribution in [0, 0.1) is 5.92 Å². The van der Waals surface area contributed by atoms with Gasteiger partial charge in [0, 0.05) is 26.0 Å². The molecule has 3 atom stereocenters. The second kappa shape index (κ2) is 15.4. The molecule has 2 rings (SSSR count). The Morgan fingerprint density at radius 2 is 1.77 bits per heavy atom. The van der Waals surface area contributed by atoms with E-state index in [2.05, 4.69) is 10.0 Å². The van der Waals surface area contributed by atoms with Gasteiger partial charge in [-0.1, -0.05) is 38.5 Å². The lowest BCUT2D eigenvalue weighted by Gasteiger charge is -2.28. The summed E-state index contributed by atoms with van der Waals surface area (Å²) in [6.07, 6.45) is -0.920. The molecular formula is C26H36N2O10S. The number of aliphatic hydroxyl groups is 2. The van der Waals surface area contributed by atoms with E-state index in [-0.39, 0.29) is 23.6 Å². The van der Waals surface area contributed by atoms with Gasteiger partial charge >= 0.3 is 11.9 Å². The van der Waals surface area contributed by atoms with Crippen LogP contribution in [0.5, 0.6) is 11.5 Å². The predicted molar refractivity (Wildman–Crippen MR) is 142 cm³/mol. The van der Waals surface area contributed by atoms with Gasteiger partial charge in [-0.15, -0.1) is 0 Å². The molecule has 0 heterocycles. The number of anilines is 1. The number of rotatable bonds is 17. The minimum absolute atomic E-state index is 0.135. The third-order valence-electron chi connectivity index (χ3n) is 5.49. The largest absolute Gasteiger partial charge is 0.478 e. The molecule has 0 aromatic heterocycles. The average Bonchev–Trinajstić information content (AvgIpc) is 2.90. The summed E-state index contributed by atoms with van der Waals surface area (Å²) < 4.78 is 46.3. The Kier molecular flexibility index (Phi) is 12.6. The number of hydrogen-bond acceptors (Lipinski definition) is 10. The van der Waals surface area contributed by atoms with Crippen molar-refractivity contribution in [2.45, 2.75) is 50.8 Å². The molecule has 13 heteroatoms. The number of ether oxygens (including phenoxy) is 3. The molecular weight excluding hydrogens is 532 g/mol. The molecule has 2 aromatic carbocycles. The van der Waals surface area contributed by atoms with Crippen molar-refractivity contribution in [3.63, 3.8) is 0 Å². The first-order valence-corrected chi connectivity index (χ1v) is 13.9. The van der Waals surface area contributed by atoms with E-state index >= 15 is 0 Å². The van der Waals surface area contributed by atoms with Gasteiger partial charge in [-0.3, -0.25) is 4.79 Å². The quantitative estimate of drug-likeness (QED) is 0.107. The third kappa shape index (κ3) is 9.79. The fourth-order valence-corrected chi connectivity index (χ4v) is 4.71. The number of unbranched alkanes of at least 4 members (excludes halogenated alkanes) is 1. The maximum atomic E-state index is 13.7. The van der Waals surface area contributed by atoms with Crippen LogP contribution in [0.25, 0.3) is 0 Å². The zero-order valence-electron chi connectivity index (χ0n) is 22.1. The summed E-state index contributed by atoms with van der Waals surface area (Å²) in [5.41, 5.74) is -0.145. The highest BCUT2D eigenvalue weighted by Crippen LogP contribution is 2.38. The van der Waals surface area contributed by atoms with Gasteiger partial charge in [0.2, 0.25) is 10.0 Å². The summed E-state index contributed by atoms with van der Waals surface area (Å²) in [6.45, 7) is 3.61. The van der Waals surface area contributed by atoms with Gasteiger partial charge < -0.3 is 34.8 Å². The lowest BCUT2D eigenvalue weighted by atomic mass is 10.1. The highest BCUT2D eigenvalue weighted by atomic mass is 32.2. The van der Waals surface area contributed by atoms with Crippen molar-refractivity contribution in [3.05, 3.63) is 48.0 Å². The van der Waals surface area contributed by atoms with Crippen LogP contribution < -0.4 is 14.8 Å². The second-order valence-corrected chi connectivity index (χ2v) is 10.5. The summed E-state index contributed by atoms with van der Waals surface area (Å²) in [6, 6.07) is 10.6. The Hall–Kier alpha value is -3.23. The van der Waals surface area contributed by atoms with E-state index in [9.17, 15) is 33.3 Å². The van der Waals surface area contributed by atoms with Gasteiger partial charge in [-0.25, -0.2) is 13.2 Å². The van der Waals surface area contributed by atoms with Crippen LogP contribution in [0.4, 0.5) is 5.69 Å². The predicted octanol–water partition coefficient (Wildman–Crippen LogP) is 2.56. The van der Waals surface area contributed by atoms with Gasteiger partial charge in [0.1, 0.15) is 29.6 Å². The molecule has 0 amide bonds. The van der Waals surface area contributed by atoms with Crippen molar-refractivity contribution in [1.82, 2.24) is 4.72 Å². The minimum Gasteiger partial charge on any atom is -0.478 e. The number of carbonyl (C=O) groups excluding carboxylic acids is 1. The van der Waals surface area contributed by atoms with Crippen molar-refractivity contribution >= 4 is 27.6 Å². The molecule has 5 N–H and O–H groups in total. The van der Waals surface area contributed by atoms with Crippen LogP contribution >= 0.6 is 0 Å². The molecule has 0 bridgehead atoms. The molecule has 12 nitrogen and oxygen atoms in total. The van der Waals surface area contributed by atoms with Gasteiger partial charge in [0.15, 0.2) is 5.75 Å². The maximum absolute atomic E-state index is 13.7. The Labute approximate surface area is 228 Å². The summed E-state index contributed by atoms with van der Waals surface area (Å²) >= 11 is 0. The van der Waals surface area contributed by atoms with Crippen LogP contribution in [0.1, 0.15) is 44.0 Å². The monoisotopic (exact) mass is 568 g/mol. The standard InChI is InChI=1S/C26H36N2O10S/c1-4-5-11-27-22-12-19(26(32)33)13-23(24(22)37-20-9-7-6-8-10-20)39(34,35)28-25(17(2)14-29)38-21(15-30)16-36-18(3)31/h6-10,12-13,17,21,25,27-30H,4-5,11,14-16H2,1-3H3,(H,32,33)/t17-,21+,25?/m1/s1. The topological polar surface area (TPSA) is 181 Å². The summed E-state index contributed by atoms with van der Waals surface area (Å²) in [5, 5.41) is 32.2. The zero-order valence-corrected chi connectivity index (χ0v) is 22.9. The first-order valence-electron chi connectivity index (χ1n) is 12.4. The molecule has 0 fully saturated rings. The van der Waals surface area contributed by atoms with E-state index in [1.807, 2.05) is 6.92 Å². The van der Waals surface area contributed by atoms with E-state index < -0.39 is 58.3 Å². The van der Waals surface area contributed by atoms with Crippen molar-refractivity contribution in [2.75, 3.05) is 31.7 Å². The van der Waals surface area contributed by atoms with Gasteiger partial charge in [-0.05, 0) is 30.7 Å². The van der Waals surface area contributed by atoms with E-state index in [1.165, 1.54) is 19.9 Å². The number of carboxylic acid groups (broad SMARTS) is 1. The maximum Gasteiger partial charge on any atom is 0.335 e. The Morgan fingerprint density at radius 3 is 2.33 bits per heavy atom. The molecule has 0 aliphatic carbocycles. The van der Waals surface area contributed by atoms with E-state index in [1.54, 1.807) is 30.3 Å². The first-order chi connectivity index (χ1) is 18.5. The normalized spacial score (nSPS) is 13.8. The number of hydrogen-bond donors (Lipinski definition) is 5. The van der Waals surface area contributed by atoms with Crippen LogP contribution in [-0.2, 0) is 24.3 Å². The molecule has 0 saturated carbocycles. The third-order valence-corrected chi connectivity index (χ3v) is 6.92. The lowest BCUT2D eigenvalue weighted by molar-refractivity contribution is -0.151. The number of esters is 1.